The standard InChI is InChI=1S/C34H53Si4.C13H10.2ClH.Zr/c1-15-24-21-26-23-27-30(29(26)28(22-24)35(3,4)5)32(36(6,7)8)33(37(9,10)11)34(16-2,38(12,13)14)31(27)25-19-17-18-20-25;1-3-7-12(8-4-1)11-13-9-5-2-6-10-13;;;/h17-19,21-22H,15-16,20H2,1-14H3;1-10H;2*1H;/q-1;;;;+2/p-2. The van der Waals surface area contributed by atoms with E-state index in [9.17, 15) is 0 Å². The molecule has 1 atom stereocenters. The minimum absolute atomic E-state index is 0. The van der Waals surface area contributed by atoms with Crippen molar-refractivity contribution in [3.63, 3.8) is 0 Å². The van der Waals surface area contributed by atoms with E-state index in [2.05, 4.69) is 190 Å². The first-order valence-corrected chi connectivity index (χ1v) is 34.8. The fraction of sp³-hybridized carbons (Fsp3) is 0.383. The second kappa shape index (κ2) is 17.6. The van der Waals surface area contributed by atoms with Crippen molar-refractivity contribution in [3.8, 4) is 0 Å². The molecule has 1 unspecified atom stereocenters. The van der Waals surface area contributed by atoms with Crippen LogP contribution in [0.1, 0.15) is 43.4 Å². The molecule has 0 aromatic heterocycles. The average Bonchev–Trinajstić information content (AvgIpc) is 3.74. The summed E-state index contributed by atoms with van der Waals surface area (Å²) in [6.45, 7) is 36.3. The summed E-state index contributed by atoms with van der Waals surface area (Å²) in [5, 5.41) is 8.53. The van der Waals surface area contributed by atoms with Crippen LogP contribution in [0.3, 0.4) is 0 Å². The molecule has 54 heavy (non-hydrogen) atoms. The average molecular weight is 902 g/mol. The number of aryl methyl sites for hydroxylation is 1. The number of benzene rings is 3. The molecule has 0 N–H and O–H groups in total. The van der Waals surface area contributed by atoms with Crippen LogP contribution in [0.2, 0.25) is 83.6 Å². The third-order valence-corrected chi connectivity index (χ3v) is 22.8. The second-order valence-electron chi connectivity index (χ2n) is 19.1. The van der Waals surface area contributed by atoms with E-state index in [4.69, 9.17) is 0 Å². The van der Waals surface area contributed by atoms with Gasteiger partial charge in [0.1, 0.15) is 0 Å². The van der Waals surface area contributed by atoms with Crippen LogP contribution >= 0.6 is 0 Å². The molecule has 3 aliphatic carbocycles. The van der Waals surface area contributed by atoms with E-state index in [1.165, 1.54) is 61.3 Å². The summed E-state index contributed by atoms with van der Waals surface area (Å²) in [4.78, 5) is 0. The van der Waals surface area contributed by atoms with Crippen molar-refractivity contribution in [2.75, 3.05) is 0 Å². The van der Waals surface area contributed by atoms with Gasteiger partial charge in [0.2, 0.25) is 0 Å². The molecule has 0 fully saturated rings. The SMILES string of the molecule is CCc1cc([Si](C)(C)C)c2c(c1)=[C-]C1=C(C3=CC=CC3)C(CC)([Si](C)(C)C)C([Si](C)(C)C)=C([Si](C)(C)C)C=21.[Cl-].[Cl-].[Zr+2]=[C](c1ccccc1)c1ccccc1. The summed E-state index contributed by atoms with van der Waals surface area (Å²) in [5.74, 6) is 0. The van der Waals surface area contributed by atoms with Gasteiger partial charge in [-0.2, -0.15) is 0 Å². The molecule has 0 bridgehead atoms. The van der Waals surface area contributed by atoms with Crippen molar-refractivity contribution in [3.05, 3.63) is 145 Å². The Labute approximate surface area is 360 Å². The summed E-state index contributed by atoms with van der Waals surface area (Å²) in [5.41, 5.74) is 10.5. The van der Waals surface area contributed by atoms with Crippen LogP contribution in [0.4, 0.5) is 0 Å². The van der Waals surface area contributed by atoms with Gasteiger partial charge in [-0.15, -0.1) is 33.7 Å². The van der Waals surface area contributed by atoms with Crippen molar-refractivity contribution in [1.82, 2.24) is 0 Å². The molecular formula is C47H63Cl2Si4Zr-. The van der Waals surface area contributed by atoms with Crippen molar-refractivity contribution in [2.24, 2.45) is 0 Å². The summed E-state index contributed by atoms with van der Waals surface area (Å²) in [6, 6.07) is 26.2. The predicted octanol–water partition coefficient (Wildman–Crippen LogP) is 5.16. The Balaban J connectivity index is 0.000000411. The van der Waals surface area contributed by atoms with Gasteiger partial charge in [-0.25, -0.2) is 0 Å². The molecule has 0 heterocycles. The van der Waals surface area contributed by atoms with E-state index >= 15 is 0 Å². The van der Waals surface area contributed by atoms with Crippen LogP contribution in [-0.2, 0) is 30.7 Å². The number of halogens is 2. The molecule has 3 aromatic rings. The van der Waals surface area contributed by atoms with Crippen LogP contribution in [0.5, 0.6) is 0 Å². The second-order valence-corrected chi connectivity index (χ2v) is 40.7. The number of allylic oxidation sites excluding steroid dienone is 8. The molecule has 3 aliphatic rings. The van der Waals surface area contributed by atoms with E-state index in [1.807, 2.05) is 10.4 Å². The van der Waals surface area contributed by atoms with Crippen LogP contribution < -0.4 is 40.4 Å². The monoisotopic (exact) mass is 899 g/mol. The van der Waals surface area contributed by atoms with E-state index in [1.54, 1.807) is 27.1 Å². The minimum atomic E-state index is -1.73. The first-order chi connectivity index (χ1) is 24.2. The van der Waals surface area contributed by atoms with Crippen LogP contribution in [0, 0.1) is 0 Å². The van der Waals surface area contributed by atoms with Crippen molar-refractivity contribution in [2.45, 2.75) is 117 Å². The topological polar surface area (TPSA) is 0 Å². The van der Waals surface area contributed by atoms with Gasteiger partial charge in [0, 0.05) is 0 Å². The third-order valence-electron chi connectivity index (χ3n) is 11.3. The van der Waals surface area contributed by atoms with Gasteiger partial charge in [0.05, 0.1) is 32.3 Å². The van der Waals surface area contributed by atoms with Crippen LogP contribution in [-0.4, -0.2) is 35.5 Å². The first kappa shape index (κ1) is 46.9. The van der Waals surface area contributed by atoms with Gasteiger partial charge in [0.15, 0.2) is 0 Å². The Bertz CT molecular complexity index is 2070. The van der Waals surface area contributed by atoms with Crippen LogP contribution in [0.15, 0.2) is 118 Å². The predicted molar refractivity (Wildman–Crippen MR) is 240 cm³/mol. The molecule has 3 aromatic carbocycles. The zero-order valence-corrected chi connectivity index (χ0v) is 43.5. The fourth-order valence-electron chi connectivity index (χ4n) is 9.14. The number of rotatable bonds is 9. The summed E-state index contributed by atoms with van der Waals surface area (Å²) in [7, 11) is -6.79. The molecule has 0 aliphatic heterocycles. The normalized spacial score (nSPS) is 18.1. The summed E-state index contributed by atoms with van der Waals surface area (Å²) >= 11 is 1.46. The van der Waals surface area contributed by atoms with E-state index in [0.29, 0.717) is 0 Å². The van der Waals surface area contributed by atoms with E-state index < -0.39 is 32.3 Å². The zero-order valence-electron chi connectivity index (χ0n) is 35.5. The number of hydrogen-bond donors (Lipinski definition) is 0. The van der Waals surface area contributed by atoms with Crippen molar-refractivity contribution >= 4 is 52.3 Å². The Morgan fingerprint density at radius 3 is 1.65 bits per heavy atom. The first-order valence-electron chi connectivity index (χ1n) is 19.6. The van der Waals surface area contributed by atoms with Gasteiger partial charge in [-0.1, -0.05) is 155 Å². The van der Waals surface area contributed by atoms with Gasteiger partial charge >= 0.3 is 99.2 Å². The Hall–Kier alpha value is -1.44. The van der Waals surface area contributed by atoms with Crippen molar-refractivity contribution in [1.29, 1.82) is 0 Å². The molecule has 6 rings (SSSR count). The van der Waals surface area contributed by atoms with Gasteiger partial charge < -0.3 is 24.8 Å². The molecule has 0 saturated carbocycles. The van der Waals surface area contributed by atoms with E-state index in [0.717, 1.165) is 12.8 Å². The van der Waals surface area contributed by atoms with Gasteiger partial charge in [0.25, 0.3) is 0 Å². The molecule has 0 nitrogen and oxygen atoms in total. The van der Waals surface area contributed by atoms with Gasteiger partial charge in [-0.05, 0) is 17.9 Å². The third kappa shape index (κ3) is 8.99. The molecule has 0 spiro atoms. The summed E-state index contributed by atoms with van der Waals surface area (Å²) in [6.07, 6.45) is 14.7. The Morgan fingerprint density at radius 1 is 0.722 bits per heavy atom. The Kier molecular flexibility index (Phi) is 15.3. The molecule has 0 saturated heterocycles. The Morgan fingerprint density at radius 2 is 1.26 bits per heavy atom. The van der Waals surface area contributed by atoms with E-state index in [-0.39, 0.29) is 29.9 Å². The van der Waals surface area contributed by atoms with Gasteiger partial charge in [-0.3, -0.25) is 0 Å². The molecule has 0 radical (unpaired) electrons. The maximum atomic E-state index is 4.21. The molecule has 7 heteroatoms. The van der Waals surface area contributed by atoms with Crippen molar-refractivity contribution < 1.29 is 49.0 Å². The fourth-order valence-corrected chi connectivity index (χ4v) is 23.6. The summed E-state index contributed by atoms with van der Waals surface area (Å²) < 4.78 is 1.42. The quantitative estimate of drug-likeness (QED) is 0.206. The number of hydrogen-bond acceptors (Lipinski definition) is 0. The molecule has 286 valence electrons. The molecular weight excluding hydrogens is 839 g/mol. The molecule has 0 amide bonds. The number of fused-ring (bicyclic) bond motifs is 2. The maximum absolute atomic E-state index is 4.21. The van der Waals surface area contributed by atoms with Crippen LogP contribution in [0.25, 0.3) is 11.6 Å². The zero-order chi connectivity index (χ0) is 38.4.